The molecule has 0 spiro atoms. The molecule has 0 fully saturated rings. The minimum atomic E-state index is -1.22. The van der Waals surface area contributed by atoms with Crippen molar-refractivity contribution < 1.29 is 33.8 Å². The summed E-state index contributed by atoms with van der Waals surface area (Å²) in [5.74, 6) is -3.08. The lowest BCUT2D eigenvalue weighted by molar-refractivity contribution is -0.165. The fourth-order valence-electron chi connectivity index (χ4n) is 1.44. The summed E-state index contributed by atoms with van der Waals surface area (Å²) in [4.78, 5) is 44.4. The number of ether oxygens (including phenoxy) is 2. The molecule has 7 heteroatoms. The Balaban J connectivity index is 3.91. The molecule has 0 aliphatic carbocycles. The fourth-order valence-corrected chi connectivity index (χ4v) is 1.44. The van der Waals surface area contributed by atoms with Gasteiger partial charge in [0.2, 0.25) is 0 Å². The molecule has 0 amide bonds. The van der Waals surface area contributed by atoms with E-state index in [-0.39, 0.29) is 6.42 Å². The third-order valence-corrected chi connectivity index (χ3v) is 2.74. The highest BCUT2D eigenvalue weighted by Gasteiger charge is 2.25. The van der Waals surface area contributed by atoms with Crippen LogP contribution in [0.2, 0.25) is 0 Å². The largest absolute Gasteiger partial charge is 0.478 e. The van der Waals surface area contributed by atoms with Gasteiger partial charge in [0.15, 0.2) is 0 Å². The first-order chi connectivity index (χ1) is 10.5. The molecule has 0 aliphatic heterocycles. The van der Waals surface area contributed by atoms with Gasteiger partial charge in [-0.3, -0.25) is 9.59 Å². The van der Waals surface area contributed by atoms with Gasteiger partial charge in [-0.05, 0) is 47.0 Å². The number of esters is 3. The topological polar surface area (TPSA) is 107 Å². The molecule has 0 heterocycles. The number of aliphatic carboxylic acids is 1. The standard InChI is InChI=1S/C16H24O7/c1-11(22-14(20)10-9-12(17)18)7-5-6-8-13(19)23-15(21)16(2,3)4/h9-11H,5-8H2,1-4H3,(H,17,18)/b10-9+. The maximum absolute atomic E-state index is 11.5. The molecule has 0 aromatic heterocycles. The second-order valence-electron chi connectivity index (χ2n) is 6.18. The normalized spacial score (nSPS) is 12.7. The predicted octanol–water partition coefficient (Wildman–Crippen LogP) is 2.24. The van der Waals surface area contributed by atoms with E-state index < -0.39 is 35.4 Å². The fraction of sp³-hybridized carbons (Fsp3) is 0.625. The number of carboxylic acid groups (broad SMARTS) is 1. The van der Waals surface area contributed by atoms with Crippen molar-refractivity contribution in [1.82, 2.24) is 0 Å². The predicted molar refractivity (Wildman–Crippen MR) is 81.4 cm³/mol. The van der Waals surface area contributed by atoms with Gasteiger partial charge in [-0.15, -0.1) is 0 Å². The number of hydrogen-bond donors (Lipinski definition) is 1. The second-order valence-corrected chi connectivity index (χ2v) is 6.18. The molecule has 0 aliphatic rings. The Hall–Kier alpha value is -2.18. The van der Waals surface area contributed by atoms with Crippen LogP contribution in [0.3, 0.4) is 0 Å². The molecule has 1 unspecified atom stereocenters. The first kappa shape index (κ1) is 20.8. The van der Waals surface area contributed by atoms with Gasteiger partial charge in [0, 0.05) is 18.6 Å². The summed E-state index contributed by atoms with van der Waals surface area (Å²) in [6.07, 6.45) is 2.90. The van der Waals surface area contributed by atoms with Crippen molar-refractivity contribution in [2.24, 2.45) is 5.41 Å². The van der Waals surface area contributed by atoms with Crippen LogP contribution >= 0.6 is 0 Å². The highest BCUT2D eigenvalue weighted by atomic mass is 16.6. The number of hydrogen-bond acceptors (Lipinski definition) is 6. The first-order valence-electron chi connectivity index (χ1n) is 7.39. The molecule has 23 heavy (non-hydrogen) atoms. The van der Waals surface area contributed by atoms with Crippen LogP contribution in [-0.4, -0.2) is 35.1 Å². The molecule has 0 bridgehead atoms. The molecule has 7 nitrogen and oxygen atoms in total. The molecular formula is C16H24O7. The number of unbranched alkanes of at least 4 members (excludes halogenated alkanes) is 1. The Labute approximate surface area is 135 Å². The highest BCUT2D eigenvalue weighted by Crippen LogP contribution is 2.16. The van der Waals surface area contributed by atoms with E-state index in [0.29, 0.717) is 25.3 Å². The zero-order chi connectivity index (χ0) is 18.0. The van der Waals surface area contributed by atoms with E-state index in [1.54, 1.807) is 27.7 Å². The van der Waals surface area contributed by atoms with Crippen LogP contribution in [0, 0.1) is 5.41 Å². The lowest BCUT2D eigenvalue weighted by atomic mass is 9.97. The van der Waals surface area contributed by atoms with Crippen LogP contribution in [-0.2, 0) is 28.7 Å². The van der Waals surface area contributed by atoms with E-state index in [1.165, 1.54) is 0 Å². The van der Waals surface area contributed by atoms with E-state index in [4.69, 9.17) is 14.6 Å². The summed E-state index contributed by atoms with van der Waals surface area (Å²) < 4.78 is 9.67. The highest BCUT2D eigenvalue weighted by molar-refractivity contribution is 5.90. The van der Waals surface area contributed by atoms with E-state index in [2.05, 4.69) is 0 Å². The minimum absolute atomic E-state index is 0.113. The average Bonchev–Trinajstić information content (AvgIpc) is 2.40. The van der Waals surface area contributed by atoms with Gasteiger partial charge in [0.1, 0.15) is 0 Å². The second kappa shape index (κ2) is 9.76. The number of carbonyl (C=O) groups excluding carboxylic acids is 3. The lowest BCUT2D eigenvalue weighted by Gasteiger charge is -2.15. The van der Waals surface area contributed by atoms with Crippen LogP contribution in [0.15, 0.2) is 12.2 Å². The lowest BCUT2D eigenvalue weighted by Crippen LogP contribution is -2.25. The summed E-state index contributed by atoms with van der Waals surface area (Å²) in [7, 11) is 0. The molecule has 0 saturated heterocycles. The minimum Gasteiger partial charge on any atom is -0.478 e. The molecule has 0 aromatic rings. The Morgan fingerprint density at radius 1 is 1.09 bits per heavy atom. The monoisotopic (exact) mass is 328 g/mol. The Bertz CT molecular complexity index is 471. The van der Waals surface area contributed by atoms with Gasteiger partial charge in [-0.25, -0.2) is 9.59 Å². The number of carboxylic acids is 1. The van der Waals surface area contributed by atoms with Crippen molar-refractivity contribution in [1.29, 1.82) is 0 Å². The van der Waals surface area contributed by atoms with Crippen LogP contribution in [0.5, 0.6) is 0 Å². The van der Waals surface area contributed by atoms with Crippen LogP contribution in [0.25, 0.3) is 0 Å². The van der Waals surface area contributed by atoms with Crippen molar-refractivity contribution in [3.8, 4) is 0 Å². The summed E-state index contributed by atoms with van der Waals surface area (Å²) >= 11 is 0. The molecule has 0 saturated carbocycles. The quantitative estimate of drug-likeness (QED) is 0.315. The van der Waals surface area contributed by atoms with Gasteiger partial charge >= 0.3 is 23.9 Å². The van der Waals surface area contributed by atoms with Crippen molar-refractivity contribution in [3.63, 3.8) is 0 Å². The van der Waals surface area contributed by atoms with Crippen LogP contribution < -0.4 is 0 Å². The summed E-state index contributed by atoms with van der Waals surface area (Å²) in [5, 5.41) is 8.37. The summed E-state index contributed by atoms with van der Waals surface area (Å²) in [6.45, 7) is 6.67. The van der Waals surface area contributed by atoms with Crippen molar-refractivity contribution in [2.75, 3.05) is 0 Å². The number of rotatable bonds is 8. The van der Waals surface area contributed by atoms with Gasteiger partial charge in [-0.2, -0.15) is 0 Å². The van der Waals surface area contributed by atoms with Crippen LogP contribution in [0.4, 0.5) is 0 Å². The third kappa shape index (κ3) is 11.1. The van der Waals surface area contributed by atoms with Crippen molar-refractivity contribution >= 4 is 23.9 Å². The smallest absolute Gasteiger partial charge is 0.331 e. The zero-order valence-corrected chi connectivity index (χ0v) is 14.0. The average molecular weight is 328 g/mol. The molecule has 130 valence electrons. The first-order valence-corrected chi connectivity index (χ1v) is 7.39. The van der Waals surface area contributed by atoms with E-state index in [1.807, 2.05) is 0 Å². The summed E-state index contributed by atoms with van der Waals surface area (Å²) in [6, 6.07) is 0. The molecule has 1 atom stereocenters. The van der Waals surface area contributed by atoms with Crippen molar-refractivity contribution in [3.05, 3.63) is 12.2 Å². The maximum Gasteiger partial charge on any atom is 0.331 e. The van der Waals surface area contributed by atoms with E-state index in [0.717, 1.165) is 6.08 Å². The zero-order valence-electron chi connectivity index (χ0n) is 14.0. The maximum atomic E-state index is 11.5. The molecule has 0 aromatic carbocycles. The molecule has 0 rings (SSSR count). The van der Waals surface area contributed by atoms with E-state index >= 15 is 0 Å². The van der Waals surface area contributed by atoms with Crippen molar-refractivity contribution in [2.45, 2.75) is 59.5 Å². The van der Waals surface area contributed by atoms with Gasteiger partial charge in [-0.1, -0.05) is 0 Å². The Morgan fingerprint density at radius 2 is 1.70 bits per heavy atom. The molecule has 1 N–H and O–H groups in total. The van der Waals surface area contributed by atoms with E-state index in [9.17, 15) is 19.2 Å². The van der Waals surface area contributed by atoms with Crippen LogP contribution in [0.1, 0.15) is 53.4 Å². The Morgan fingerprint density at radius 3 is 2.22 bits per heavy atom. The Kier molecular flexibility index (Phi) is 8.83. The SMILES string of the molecule is CC(CCCCC(=O)OC(=O)C(C)(C)C)OC(=O)/C=C/C(=O)O. The molecular weight excluding hydrogens is 304 g/mol. The third-order valence-electron chi connectivity index (χ3n) is 2.74. The van der Waals surface area contributed by atoms with Gasteiger partial charge < -0.3 is 14.6 Å². The van der Waals surface area contributed by atoms with Gasteiger partial charge in [0.05, 0.1) is 11.5 Å². The summed E-state index contributed by atoms with van der Waals surface area (Å²) in [5.41, 5.74) is -0.720. The number of carbonyl (C=O) groups is 4. The van der Waals surface area contributed by atoms with Gasteiger partial charge in [0.25, 0.3) is 0 Å². The molecule has 0 radical (unpaired) electrons.